The number of nitrogens with one attached hydrogen (secondary N) is 1. The molecule has 20 heavy (non-hydrogen) atoms. The van der Waals surface area contributed by atoms with Crippen LogP contribution in [-0.4, -0.2) is 36.2 Å². The van der Waals surface area contributed by atoms with E-state index in [9.17, 15) is 0 Å². The molecule has 1 heterocycles. The SMILES string of the molecule is CCC1(C)CN(Cc2ccc(OC)cc2)C(C)(C)CN1. The van der Waals surface area contributed by atoms with Crippen LogP contribution < -0.4 is 10.1 Å². The van der Waals surface area contributed by atoms with E-state index in [1.807, 2.05) is 12.1 Å². The first kappa shape index (κ1) is 15.3. The average molecular weight is 276 g/mol. The molecule has 112 valence electrons. The Bertz CT molecular complexity index is 441. The Morgan fingerprint density at radius 2 is 1.85 bits per heavy atom. The quantitative estimate of drug-likeness (QED) is 0.915. The van der Waals surface area contributed by atoms with Crippen LogP contribution in [0.1, 0.15) is 39.7 Å². The van der Waals surface area contributed by atoms with Crippen LogP contribution in [0.2, 0.25) is 0 Å². The molecule has 1 aromatic carbocycles. The Morgan fingerprint density at radius 1 is 1.20 bits per heavy atom. The van der Waals surface area contributed by atoms with Crippen molar-refractivity contribution in [1.82, 2.24) is 10.2 Å². The molecule has 0 aliphatic carbocycles. The first-order valence-electron chi connectivity index (χ1n) is 7.51. The monoisotopic (exact) mass is 276 g/mol. The fourth-order valence-electron chi connectivity index (χ4n) is 2.69. The minimum Gasteiger partial charge on any atom is -0.497 e. The van der Waals surface area contributed by atoms with Gasteiger partial charge in [-0.25, -0.2) is 0 Å². The lowest BCUT2D eigenvalue weighted by Crippen LogP contribution is -2.66. The smallest absolute Gasteiger partial charge is 0.118 e. The lowest BCUT2D eigenvalue weighted by atomic mass is 9.88. The Balaban J connectivity index is 2.11. The molecule has 0 amide bonds. The highest BCUT2D eigenvalue weighted by Gasteiger charge is 2.38. The molecule has 0 spiro atoms. The van der Waals surface area contributed by atoms with E-state index < -0.39 is 0 Å². The largest absolute Gasteiger partial charge is 0.497 e. The van der Waals surface area contributed by atoms with Crippen molar-refractivity contribution in [2.24, 2.45) is 0 Å². The molecule has 3 nitrogen and oxygen atoms in total. The molecule has 1 unspecified atom stereocenters. The second-order valence-corrected chi connectivity index (χ2v) is 6.78. The molecule has 1 fully saturated rings. The summed E-state index contributed by atoms with van der Waals surface area (Å²) >= 11 is 0. The molecule has 1 aromatic rings. The molecular weight excluding hydrogens is 248 g/mol. The van der Waals surface area contributed by atoms with Gasteiger partial charge in [0.15, 0.2) is 0 Å². The van der Waals surface area contributed by atoms with E-state index in [1.54, 1.807) is 7.11 Å². The van der Waals surface area contributed by atoms with Gasteiger partial charge in [-0.05, 0) is 44.9 Å². The van der Waals surface area contributed by atoms with Crippen LogP contribution in [0.4, 0.5) is 0 Å². The number of hydrogen-bond donors (Lipinski definition) is 1. The van der Waals surface area contributed by atoms with Gasteiger partial charge >= 0.3 is 0 Å². The van der Waals surface area contributed by atoms with Crippen LogP contribution in [0.25, 0.3) is 0 Å². The Labute approximate surface area is 123 Å². The third kappa shape index (κ3) is 3.33. The van der Waals surface area contributed by atoms with Gasteiger partial charge in [-0.1, -0.05) is 19.1 Å². The molecule has 1 atom stereocenters. The maximum Gasteiger partial charge on any atom is 0.118 e. The van der Waals surface area contributed by atoms with Gasteiger partial charge in [-0.3, -0.25) is 4.90 Å². The summed E-state index contributed by atoms with van der Waals surface area (Å²) in [5, 5.41) is 3.71. The molecule has 2 rings (SSSR count). The third-order valence-electron chi connectivity index (χ3n) is 4.66. The van der Waals surface area contributed by atoms with Crippen molar-refractivity contribution < 1.29 is 4.74 Å². The van der Waals surface area contributed by atoms with E-state index >= 15 is 0 Å². The molecule has 1 saturated heterocycles. The zero-order valence-electron chi connectivity index (χ0n) is 13.5. The number of rotatable bonds is 4. The van der Waals surface area contributed by atoms with Gasteiger partial charge < -0.3 is 10.1 Å². The Hall–Kier alpha value is -1.06. The highest BCUT2D eigenvalue weighted by atomic mass is 16.5. The van der Waals surface area contributed by atoms with Gasteiger partial charge in [0, 0.05) is 30.7 Å². The Kier molecular flexibility index (Phi) is 4.40. The predicted octanol–water partition coefficient (Wildman–Crippen LogP) is 3.05. The molecule has 0 bridgehead atoms. The first-order chi connectivity index (χ1) is 9.38. The van der Waals surface area contributed by atoms with Gasteiger partial charge in [-0.2, -0.15) is 0 Å². The average Bonchev–Trinajstić information content (AvgIpc) is 2.44. The minimum absolute atomic E-state index is 0.189. The van der Waals surface area contributed by atoms with Crippen LogP contribution >= 0.6 is 0 Å². The standard InChI is InChI=1S/C17H28N2O/c1-6-17(4)13-19(16(2,3)12-18-17)11-14-7-9-15(20-5)10-8-14/h7-10,18H,6,11-13H2,1-5H3. The number of piperazine rings is 1. The van der Waals surface area contributed by atoms with Crippen molar-refractivity contribution in [2.45, 2.75) is 51.7 Å². The highest BCUT2D eigenvalue weighted by Crippen LogP contribution is 2.27. The van der Waals surface area contributed by atoms with Crippen LogP contribution in [0, 0.1) is 0 Å². The van der Waals surface area contributed by atoms with E-state index in [2.05, 4.69) is 50.0 Å². The molecular formula is C17H28N2O. The lowest BCUT2D eigenvalue weighted by molar-refractivity contribution is 0.0246. The summed E-state index contributed by atoms with van der Waals surface area (Å²) in [7, 11) is 1.71. The summed E-state index contributed by atoms with van der Waals surface area (Å²) in [6, 6.07) is 8.42. The van der Waals surface area contributed by atoms with Crippen LogP contribution in [0.5, 0.6) is 5.75 Å². The summed E-state index contributed by atoms with van der Waals surface area (Å²) in [6.45, 7) is 12.3. The van der Waals surface area contributed by atoms with Gasteiger partial charge in [-0.15, -0.1) is 0 Å². The molecule has 1 aliphatic heterocycles. The van der Waals surface area contributed by atoms with Gasteiger partial charge in [0.2, 0.25) is 0 Å². The van der Waals surface area contributed by atoms with Crippen molar-refractivity contribution in [3.63, 3.8) is 0 Å². The third-order valence-corrected chi connectivity index (χ3v) is 4.66. The lowest BCUT2D eigenvalue weighted by Gasteiger charge is -2.50. The maximum absolute atomic E-state index is 5.23. The summed E-state index contributed by atoms with van der Waals surface area (Å²) in [5.41, 5.74) is 1.76. The van der Waals surface area contributed by atoms with Crippen LogP contribution in [-0.2, 0) is 6.54 Å². The van der Waals surface area contributed by atoms with E-state index in [0.29, 0.717) is 0 Å². The molecule has 1 N–H and O–H groups in total. The van der Waals surface area contributed by atoms with E-state index in [0.717, 1.165) is 31.8 Å². The predicted molar refractivity (Wildman–Crippen MR) is 84.2 cm³/mol. The number of benzene rings is 1. The topological polar surface area (TPSA) is 24.5 Å². The minimum atomic E-state index is 0.189. The molecule has 1 aliphatic rings. The second kappa shape index (κ2) is 5.74. The van der Waals surface area contributed by atoms with Crippen molar-refractivity contribution >= 4 is 0 Å². The zero-order valence-corrected chi connectivity index (χ0v) is 13.5. The molecule has 0 radical (unpaired) electrons. The van der Waals surface area contributed by atoms with E-state index in [-0.39, 0.29) is 11.1 Å². The molecule has 3 heteroatoms. The second-order valence-electron chi connectivity index (χ2n) is 6.78. The van der Waals surface area contributed by atoms with Crippen molar-refractivity contribution in [3.05, 3.63) is 29.8 Å². The van der Waals surface area contributed by atoms with Gasteiger partial charge in [0.25, 0.3) is 0 Å². The molecule has 0 aromatic heterocycles. The van der Waals surface area contributed by atoms with Crippen molar-refractivity contribution in [1.29, 1.82) is 0 Å². The van der Waals surface area contributed by atoms with Crippen molar-refractivity contribution in [2.75, 3.05) is 20.2 Å². The van der Waals surface area contributed by atoms with Crippen LogP contribution in [0.3, 0.4) is 0 Å². The molecule has 0 saturated carbocycles. The van der Waals surface area contributed by atoms with Gasteiger partial charge in [0.1, 0.15) is 5.75 Å². The van der Waals surface area contributed by atoms with Crippen molar-refractivity contribution in [3.8, 4) is 5.75 Å². The summed E-state index contributed by atoms with van der Waals surface area (Å²) in [6.07, 6.45) is 1.15. The fourth-order valence-corrected chi connectivity index (χ4v) is 2.69. The summed E-state index contributed by atoms with van der Waals surface area (Å²) < 4.78 is 5.23. The Morgan fingerprint density at radius 3 is 2.40 bits per heavy atom. The maximum atomic E-state index is 5.23. The summed E-state index contributed by atoms with van der Waals surface area (Å²) in [4.78, 5) is 2.59. The number of methoxy groups -OCH3 is 1. The number of ether oxygens (including phenoxy) is 1. The van der Waals surface area contributed by atoms with E-state index in [1.165, 1.54) is 5.56 Å². The summed E-state index contributed by atoms with van der Waals surface area (Å²) in [5.74, 6) is 0.923. The highest BCUT2D eigenvalue weighted by molar-refractivity contribution is 5.27. The first-order valence-corrected chi connectivity index (χ1v) is 7.51. The van der Waals surface area contributed by atoms with Gasteiger partial charge in [0.05, 0.1) is 7.11 Å². The number of nitrogens with zero attached hydrogens (tertiary/aromatic N) is 1. The van der Waals surface area contributed by atoms with E-state index in [4.69, 9.17) is 4.74 Å². The number of hydrogen-bond acceptors (Lipinski definition) is 3. The normalized spacial score (nSPS) is 26.4. The zero-order chi connectivity index (χ0) is 14.8. The van der Waals surface area contributed by atoms with Crippen LogP contribution in [0.15, 0.2) is 24.3 Å². The fraction of sp³-hybridized carbons (Fsp3) is 0.647.